The van der Waals surface area contributed by atoms with Crippen LogP contribution < -0.4 is 4.90 Å². The maximum atomic E-state index is 13.0. The second-order valence-electron chi connectivity index (χ2n) is 7.29. The minimum atomic E-state index is -0.449. The van der Waals surface area contributed by atoms with Crippen molar-refractivity contribution in [2.24, 2.45) is 11.8 Å². The molecule has 2 aliphatic heterocycles. The maximum absolute atomic E-state index is 13.0. The van der Waals surface area contributed by atoms with Gasteiger partial charge in [0.15, 0.2) is 0 Å². The van der Waals surface area contributed by atoms with E-state index in [-0.39, 0.29) is 11.9 Å². The van der Waals surface area contributed by atoms with Gasteiger partial charge in [-0.1, -0.05) is 0 Å². The number of carbonyl (C=O) groups is 1. The summed E-state index contributed by atoms with van der Waals surface area (Å²) in [6, 6.07) is 6.64. The van der Waals surface area contributed by atoms with E-state index in [2.05, 4.69) is 4.90 Å². The molecule has 0 bridgehead atoms. The minimum absolute atomic E-state index is 0.209. The predicted molar refractivity (Wildman–Crippen MR) is 83.4 cm³/mol. The van der Waals surface area contributed by atoms with E-state index in [1.165, 1.54) is 12.1 Å². The molecular weight excluding hydrogens is 283 g/mol. The van der Waals surface area contributed by atoms with Crippen LogP contribution in [0.2, 0.25) is 0 Å². The van der Waals surface area contributed by atoms with E-state index in [0.29, 0.717) is 11.8 Å². The van der Waals surface area contributed by atoms with Crippen LogP contribution in [0.4, 0.5) is 14.9 Å². The van der Waals surface area contributed by atoms with Gasteiger partial charge in [-0.3, -0.25) is 0 Å². The molecule has 1 aromatic carbocycles. The SMILES string of the molecule is CC(C)(C)OC(=O)N1C[C@H]2CN(c3ccc(F)cc3)C[C@@H]2C1. The molecule has 0 aromatic heterocycles. The van der Waals surface area contributed by atoms with Crippen molar-refractivity contribution >= 4 is 11.8 Å². The number of hydrogen-bond acceptors (Lipinski definition) is 3. The molecule has 2 fully saturated rings. The summed E-state index contributed by atoms with van der Waals surface area (Å²) in [6.45, 7) is 8.98. The van der Waals surface area contributed by atoms with Gasteiger partial charge in [0.05, 0.1) is 0 Å². The molecule has 22 heavy (non-hydrogen) atoms. The number of hydrogen-bond donors (Lipinski definition) is 0. The smallest absolute Gasteiger partial charge is 0.410 e. The molecule has 1 amide bonds. The summed E-state index contributed by atoms with van der Waals surface area (Å²) in [6.07, 6.45) is -0.213. The number of fused-ring (bicyclic) bond motifs is 1. The van der Waals surface area contributed by atoms with Gasteiger partial charge in [0.1, 0.15) is 11.4 Å². The van der Waals surface area contributed by atoms with Gasteiger partial charge in [0.25, 0.3) is 0 Å². The fourth-order valence-electron chi connectivity index (χ4n) is 3.33. The van der Waals surface area contributed by atoms with Crippen LogP contribution >= 0.6 is 0 Å². The first-order valence-electron chi connectivity index (χ1n) is 7.80. The molecule has 2 atom stereocenters. The summed E-state index contributed by atoms with van der Waals surface area (Å²) < 4.78 is 18.4. The van der Waals surface area contributed by atoms with Crippen molar-refractivity contribution in [3.63, 3.8) is 0 Å². The highest BCUT2D eigenvalue weighted by molar-refractivity contribution is 5.68. The molecular formula is C17H23FN2O2. The Bertz CT molecular complexity index is 539. The van der Waals surface area contributed by atoms with Gasteiger partial charge in [-0.05, 0) is 45.0 Å². The monoisotopic (exact) mass is 306 g/mol. The number of ether oxygens (including phenoxy) is 1. The molecule has 0 radical (unpaired) electrons. The summed E-state index contributed by atoms with van der Waals surface area (Å²) in [5.74, 6) is 0.731. The maximum Gasteiger partial charge on any atom is 0.410 e. The first kappa shape index (κ1) is 15.1. The lowest BCUT2D eigenvalue weighted by Gasteiger charge is -2.26. The number of rotatable bonds is 1. The molecule has 4 nitrogen and oxygen atoms in total. The highest BCUT2D eigenvalue weighted by atomic mass is 19.1. The Morgan fingerprint density at radius 2 is 1.64 bits per heavy atom. The van der Waals surface area contributed by atoms with E-state index in [1.54, 1.807) is 0 Å². The molecule has 2 aliphatic rings. The van der Waals surface area contributed by atoms with Gasteiger partial charge in [-0.25, -0.2) is 9.18 Å². The van der Waals surface area contributed by atoms with E-state index in [0.717, 1.165) is 31.9 Å². The molecule has 2 heterocycles. The van der Waals surface area contributed by atoms with Crippen LogP contribution in [0.1, 0.15) is 20.8 Å². The fraction of sp³-hybridized carbons (Fsp3) is 0.588. The van der Waals surface area contributed by atoms with Gasteiger partial charge in [0, 0.05) is 43.7 Å². The third kappa shape index (κ3) is 3.18. The van der Waals surface area contributed by atoms with Gasteiger partial charge >= 0.3 is 6.09 Å². The summed E-state index contributed by atoms with van der Waals surface area (Å²) >= 11 is 0. The lowest BCUT2D eigenvalue weighted by Crippen LogP contribution is -2.37. The summed E-state index contributed by atoms with van der Waals surface area (Å²) in [5.41, 5.74) is 0.606. The quantitative estimate of drug-likeness (QED) is 0.799. The Morgan fingerprint density at radius 1 is 1.09 bits per heavy atom. The first-order valence-corrected chi connectivity index (χ1v) is 7.80. The van der Waals surface area contributed by atoms with Crippen molar-refractivity contribution in [3.8, 4) is 0 Å². The van der Waals surface area contributed by atoms with Gasteiger partial charge in [0.2, 0.25) is 0 Å². The van der Waals surface area contributed by atoms with Crippen LogP contribution in [0.15, 0.2) is 24.3 Å². The number of carbonyl (C=O) groups excluding carboxylic acids is 1. The van der Waals surface area contributed by atoms with E-state index in [9.17, 15) is 9.18 Å². The Hall–Kier alpha value is -1.78. The van der Waals surface area contributed by atoms with Crippen molar-refractivity contribution in [2.45, 2.75) is 26.4 Å². The van der Waals surface area contributed by atoms with E-state index < -0.39 is 5.60 Å². The molecule has 0 spiro atoms. The van der Waals surface area contributed by atoms with Crippen LogP contribution in [0.3, 0.4) is 0 Å². The minimum Gasteiger partial charge on any atom is -0.444 e. The third-order valence-corrected chi connectivity index (χ3v) is 4.33. The Kier molecular flexibility index (Phi) is 3.75. The number of benzene rings is 1. The van der Waals surface area contributed by atoms with Crippen LogP contribution in [-0.2, 0) is 4.74 Å². The average Bonchev–Trinajstić information content (AvgIpc) is 2.95. The number of amides is 1. The van der Waals surface area contributed by atoms with Crippen molar-refractivity contribution < 1.29 is 13.9 Å². The largest absolute Gasteiger partial charge is 0.444 e. The number of anilines is 1. The zero-order chi connectivity index (χ0) is 15.9. The molecule has 5 heteroatoms. The standard InChI is InChI=1S/C17H23FN2O2/c1-17(2,3)22-16(21)20-10-12-8-19(9-13(12)11-20)15-6-4-14(18)5-7-15/h4-7,12-13H,8-11H2,1-3H3/t12-,13-/m1/s1. The van der Waals surface area contributed by atoms with E-state index >= 15 is 0 Å². The lowest BCUT2D eigenvalue weighted by molar-refractivity contribution is 0.0282. The highest BCUT2D eigenvalue weighted by Crippen LogP contribution is 2.34. The molecule has 0 unspecified atom stereocenters. The van der Waals surface area contributed by atoms with Crippen LogP contribution in [0.5, 0.6) is 0 Å². The Labute approximate surface area is 130 Å². The van der Waals surface area contributed by atoms with Crippen molar-refractivity contribution in [1.82, 2.24) is 4.90 Å². The topological polar surface area (TPSA) is 32.8 Å². The lowest BCUT2D eigenvalue weighted by atomic mass is 10.0. The molecule has 1 aromatic rings. The van der Waals surface area contributed by atoms with E-state index in [4.69, 9.17) is 4.74 Å². The third-order valence-electron chi connectivity index (χ3n) is 4.33. The Morgan fingerprint density at radius 3 is 2.14 bits per heavy atom. The van der Waals surface area contributed by atoms with Gasteiger partial charge < -0.3 is 14.5 Å². The van der Waals surface area contributed by atoms with Crippen LogP contribution in [0.25, 0.3) is 0 Å². The second-order valence-corrected chi connectivity index (χ2v) is 7.29. The fourth-order valence-corrected chi connectivity index (χ4v) is 3.33. The van der Waals surface area contributed by atoms with Gasteiger partial charge in [-0.15, -0.1) is 0 Å². The van der Waals surface area contributed by atoms with Crippen molar-refractivity contribution in [2.75, 3.05) is 31.1 Å². The molecule has 0 aliphatic carbocycles. The molecule has 2 saturated heterocycles. The normalized spacial score (nSPS) is 24.5. The number of likely N-dealkylation sites (tertiary alicyclic amines) is 1. The summed E-state index contributed by atoms with van der Waals surface area (Å²) in [4.78, 5) is 16.2. The summed E-state index contributed by atoms with van der Waals surface area (Å²) in [7, 11) is 0. The molecule has 120 valence electrons. The molecule has 0 N–H and O–H groups in total. The number of halogens is 1. The van der Waals surface area contributed by atoms with Crippen molar-refractivity contribution in [3.05, 3.63) is 30.1 Å². The van der Waals surface area contributed by atoms with Crippen molar-refractivity contribution in [1.29, 1.82) is 0 Å². The average molecular weight is 306 g/mol. The number of nitrogens with zero attached hydrogens (tertiary/aromatic N) is 2. The highest BCUT2D eigenvalue weighted by Gasteiger charge is 2.42. The Balaban J connectivity index is 1.58. The zero-order valence-electron chi connectivity index (χ0n) is 13.4. The summed E-state index contributed by atoms with van der Waals surface area (Å²) in [5, 5.41) is 0. The van der Waals surface area contributed by atoms with Crippen LogP contribution in [0, 0.1) is 17.7 Å². The second kappa shape index (κ2) is 5.45. The molecule has 0 saturated carbocycles. The molecule has 3 rings (SSSR count). The first-order chi connectivity index (χ1) is 10.3. The zero-order valence-corrected chi connectivity index (χ0v) is 13.4. The predicted octanol–water partition coefficient (Wildman–Crippen LogP) is 3.13. The van der Waals surface area contributed by atoms with Gasteiger partial charge in [-0.2, -0.15) is 0 Å². The van der Waals surface area contributed by atoms with E-state index in [1.807, 2.05) is 37.8 Å². The van der Waals surface area contributed by atoms with Crippen LogP contribution in [-0.4, -0.2) is 42.8 Å².